The number of hydrazine groups is 1. The van der Waals surface area contributed by atoms with E-state index in [1.807, 2.05) is 0 Å². The molecule has 2 unspecified atom stereocenters. The van der Waals surface area contributed by atoms with Gasteiger partial charge in [-0.1, -0.05) is 6.92 Å². The fourth-order valence-electron chi connectivity index (χ4n) is 1.97. The molecular formula is C11H25N3O2. The molecule has 0 bridgehead atoms. The third kappa shape index (κ3) is 5.44. The molecule has 3 N–H and O–H groups in total. The minimum absolute atomic E-state index is 0.109. The Balaban J connectivity index is 4.09. The topological polar surface area (TPSA) is 67.6 Å². The number of likely N-dealkylation sites (N-methyl/N-ethyl adjacent to an activating group) is 1. The molecule has 5 nitrogen and oxygen atoms in total. The molecule has 0 heterocycles. The zero-order valence-corrected chi connectivity index (χ0v) is 10.8. The summed E-state index contributed by atoms with van der Waals surface area (Å²) in [7, 11) is 1.71. The maximum absolute atomic E-state index is 11.0. The lowest BCUT2D eigenvalue weighted by atomic mass is 10.1. The molecule has 96 valence electrons. The minimum atomic E-state index is -0.109. The first kappa shape index (κ1) is 15.3. The van der Waals surface area contributed by atoms with Crippen LogP contribution in [0.5, 0.6) is 0 Å². The van der Waals surface area contributed by atoms with Crippen molar-refractivity contribution in [3.8, 4) is 0 Å². The zero-order valence-electron chi connectivity index (χ0n) is 10.8. The second kappa shape index (κ2) is 8.50. The van der Waals surface area contributed by atoms with Gasteiger partial charge in [0.25, 0.3) is 0 Å². The van der Waals surface area contributed by atoms with Crippen LogP contribution in [-0.2, 0) is 9.53 Å². The summed E-state index contributed by atoms with van der Waals surface area (Å²) >= 11 is 0. The van der Waals surface area contributed by atoms with E-state index in [1.165, 1.54) is 0 Å². The average molecular weight is 231 g/mol. The zero-order chi connectivity index (χ0) is 12.6. The molecular weight excluding hydrogens is 206 g/mol. The summed E-state index contributed by atoms with van der Waals surface area (Å²) in [4.78, 5) is 13.4. The normalized spacial score (nSPS) is 14.9. The van der Waals surface area contributed by atoms with Crippen LogP contribution in [0.4, 0.5) is 0 Å². The van der Waals surface area contributed by atoms with E-state index in [-0.39, 0.29) is 5.91 Å². The molecule has 0 aromatic rings. The first-order valence-electron chi connectivity index (χ1n) is 5.80. The molecule has 0 aromatic heterocycles. The summed E-state index contributed by atoms with van der Waals surface area (Å²) in [5.74, 6) is 4.93. The van der Waals surface area contributed by atoms with Gasteiger partial charge in [0.05, 0.1) is 6.61 Å². The van der Waals surface area contributed by atoms with Crippen molar-refractivity contribution in [1.82, 2.24) is 10.3 Å². The standard InChI is InChI=1S/C11H25N3O2/c1-5-14(10(3)8-16-4)9(2)6-7-11(15)13-12/h9-10H,5-8,12H2,1-4H3,(H,13,15). The van der Waals surface area contributed by atoms with Gasteiger partial charge in [0, 0.05) is 25.6 Å². The molecule has 0 aliphatic rings. The van der Waals surface area contributed by atoms with Crippen molar-refractivity contribution in [3.63, 3.8) is 0 Å². The number of rotatable bonds is 8. The Kier molecular flexibility index (Phi) is 8.15. The summed E-state index contributed by atoms with van der Waals surface area (Å²) in [5, 5.41) is 0. The number of carbonyl (C=O) groups excluding carboxylic acids is 1. The summed E-state index contributed by atoms with van der Waals surface area (Å²) < 4.78 is 5.14. The minimum Gasteiger partial charge on any atom is -0.383 e. The van der Waals surface area contributed by atoms with E-state index in [9.17, 15) is 4.79 Å². The largest absolute Gasteiger partial charge is 0.383 e. The Bertz CT molecular complexity index is 200. The van der Waals surface area contributed by atoms with Crippen molar-refractivity contribution in [2.24, 2.45) is 5.84 Å². The van der Waals surface area contributed by atoms with Crippen LogP contribution < -0.4 is 11.3 Å². The van der Waals surface area contributed by atoms with Gasteiger partial charge < -0.3 is 4.74 Å². The highest BCUT2D eigenvalue weighted by Gasteiger charge is 2.18. The lowest BCUT2D eigenvalue weighted by Gasteiger charge is -2.33. The molecule has 1 amide bonds. The van der Waals surface area contributed by atoms with Crippen LogP contribution in [0.3, 0.4) is 0 Å². The van der Waals surface area contributed by atoms with E-state index in [1.54, 1.807) is 7.11 Å². The Morgan fingerprint density at radius 3 is 2.50 bits per heavy atom. The van der Waals surface area contributed by atoms with Crippen molar-refractivity contribution in [2.45, 2.75) is 45.7 Å². The Morgan fingerprint density at radius 1 is 1.44 bits per heavy atom. The lowest BCUT2D eigenvalue weighted by Crippen LogP contribution is -2.43. The van der Waals surface area contributed by atoms with E-state index in [2.05, 4.69) is 31.1 Å². The van der Waals surface area contributed by atoms with Crippen molar-refractivity contribution in [3.05, 3.63) is 0 Å². The number of nitrogens with zero attached hydrogens (tertiary/aromatic N) is 1. The summed E-state index contributed by atoms with van der Waals surface area (Å²) in [6.07, 6.45) is 1.28. The van der Waals surface area contributed by atoms with E-state index in [4.69, 9.17) is 10.6 Å². The fraction of sp³-hybridized carbons (Fsp3) is 0.909. The van der Waals surface area contributed by atoms with Crippen molar-refractivity contribution in [2.75, 3.05) is 20.3 Å². The van der Waals surface area contributed by atoms with Gasteiger partial charge in [-0.05, 0) is 26.8 Å². The number of amides is 1. The molecule has 0 saturated heterocycles. The molecule has 0 rings (SSSR count). The van der Waals surface area contributed by atoms with Crippen molar-refractivity contribution < 1.29 is 9.53 Å². The number of hydrogen-bond acceptors (Lipinski definition) is 4. The molecule has 0 spiro atoms. The fourth-order valence-corrected chi connectivity index (χ4v) is 1.97. The van der Waals surface area contributed by atoms with Crippen LogP contribution >= 0.6 is 0 Å². The molecule has 0 aromatic carbocycles. The third-order valence-corrected chi connectivity index (χ3v) is 2.86. The van der Waals surface area contributed by atoms with Gasteiger partial charge in [0.1, 0.15) is 0 Å². The predicted octanol–water partition coefficient (Wildman–Crippen LogP) is 0.502. The molecule has 0 radical (unpaired) electrons. The number of methoxy groups -OCH3 is 1. The summed E-state index contributed by atoms with van der Waals surface area (Å²) in [6.45, 7) is 8.04. The van der Waals surface area contributed by atoms with Crippen LogP contribution in [0, 0.1) is 0 Å². The van der Waals surface area contributed by atoms with Crippen LogP contribution in [0.25, 0.3) is 0 Å². The predicted molar refractivity (Wildman–Crippen MR) is 64.7 cm³/mol. The van der Waals surface area contributed by atoms with Crippen LogP contribution in [0.2, 0.25) is 0 Å². The third-order valence-electron chi connectivity index (χ3n) is 2.86. The number of hydrogen-bond donors (Lipinski definition) is 2. The van der Waals surface area contributed by atoms with Crippen LogP contribution in [-0.4, -0.2) is 43.2 Å². The first-order valence-corrected chi connectivity index (χ1v) is 5.80. The summed E-state index contributed by atoms with van der Waals surface area (Å²) in [6, 6.07) is 0.721. The maximum Gasteiger partial charge on any atom is 0.233 e. The Labute approximate surface area is 98.3 Å². The molecule has 0 aliphatic carbocycles. The molecule has 16 heavy (non-hydrogen) atoms. The van der Waals surface area contributed by atoms with Gasteiger partial charge in [-0.3, -0.25) is 15.1 Å². The Morgan fingerprint density at radius 2 is 2.06 bits per heavy atom. The Hall–Kier alpha value is -0.650. The van der Waals surface area contributed by atoms with Crippen LogP contribution in [0.1, 0.15) is 33.6 Å². The number of nitrogens with two attached hydrogens (primary N) is 1. The number of nitrogens with one attached hydrogen (secondary N) is 1. The first-order chi connectivity index (χ1) is 7.56. The second-order valence-corrected chi connectivity index (χ2v) is 4.09. The van der Waals surface area contributed by atoms with E-state index < -0.39 is 0 Å². The van der Waals surface area contributed by atoms with Crippen molar-refractivity contribution in [1.29, 1.82) is 0 Å². The molecule has 0 aliphatic heterocycles. The monoisotopic (exact) mass is 231 g/mol. The maximum atomic E-state index is 11.0. The van der Waals surface area contributed by atoms with E-state index in [0.717, 1.165) is 13.0 Å². The van der Waals surface area contributed by atoms with Crippen LogP contribution in [0.15, 0.2) is 0 Å². The molecule has 2 atom stereocenters. The van der Waals surface area contributed by atoms with Gasteiger partial charge in [-0.15, -0.1) is 0 Å². The number of ether oxygens (including phenoxy) is 1. The molecule has 0 saturated carbocycles. The SMILES string of the molecule is CCN(C(C)CCC(=O)NN)C(C)COC. The van der Waals surface area contributed by atoms with Gasteiger partial charge in [0.15, 0.2) is 0 Å². The highest BCUT2D eigenvalue weighted by molar-refractivity contribution is 5.75. The van der Waals surface area contributed by atoms with Gasteiger partial charge in [-0.2, -0.15) is 0 Å². The second-order valence-electron chi connectivity index (χ2n) is 4.09. The van der Waals surface area contributed by atoms with Gasteiger partial charge >= 0.3 is 0 Å². The van der Waals surface area contributed by atoms with Gasteiger partial charge in [0.2, 0.25) is 5.91 Å². The number of carbonyl (C=O) groups is 1. The average Bonchev–Trinajstić information content (AvgIpc) is 2.27. The smallest absolute Gasteiger partial charge is 0.233 e. The molecule has 5 heteroatoms. The lowest BCUT2D eigenvalue weighted by molar-refractivity contribution is -0.121. The van der Waals surface area contributed by atoms with E-state index >= 15 is 0 Å². The van der Waals surface area contributed by atoms with Crippen molar-refractivity contribution >= 4 is 5.91 Å². The van der Waals surface area contributed by atoms with Gasteiger partial charge in [-0.25, -0.2) is 5.84 Å². The quantitative estimate of drug-likeness (QED) is 0.363. The highest BCUT2D eigenvalue weighted by atomic mass is 16.5. The summed E-state index contributed by atoms with van der Waals surface area (Å²) in [5.41, 5.74) is 2.15. The molecule has 0 fully saturated rings. The highest BCUT2D eigenvalue weighted by Crippen LogP contribution is 2.10. The van der Waals surface area contributed by atoms with E-state index in [0.29, 0.717) is 25.1 Å².